The van der Waals surface area contributed by atoms with Gasteiger partial charge in [0.1, 0.15) is 5.75 Å². The second-order valence-electron chi connectivity index (χ2n) is 4.48. The lowest BCUT2D eigenvalue weighted by Gasteiger charge is -2.13. The van der Waals surface area contributed by atoms with Gasteiger partial charge in [-0.05, 0) is 23.8 Å². The minimum atomic E-state index is -0.0718. The molecule has 2 heterocycles. The van der Waals surface area contributed by atoms with Gasteiger partial charge in [-0.2, -0.15) is 0 Å². The van der Waals surface area contributed by atoms with Gasteiger partial charge in [-0.1, -0.05) is 0 Å². The van der Waals surface area contributed by atoms with E-state index in [1.807, 2.05) is 6.07 Å². The lowest BCUT2D eigenvalue weighted by molar-refractivity contribution is 0.0996. The Kier molecular flexibility index (Phi) is 4.40. The summed E-state index contributed by atoms with van der Waals surface area (Å²) in [4.78, 5) is 22.3. The highest BCUT2D eigenvalue weighted by Crippen LogP contribution is 2.29. The molecule has 1 amide bonds. The van der Waals surface area contributed by atoms with Crippen LogP contribution in [0.25, 0.3) is 0 Å². The van der Waals surface area contributed by atoms with E-state index < -0.39 is 0 Å². The monoisotopic (exact) mass is 306 g/mol. The molecule has 2 aromatic rings. The number of nitrogens with two attached hydrogens (primary N) is 1. The molecule has 0 unspecified atom stereocenters. The number of methoxy groups -OCH3 is 1. The number of carbonyl (C=O) groups is 1. The summed E-state index contributed by atoms with van der Waals surface area (Å²) in [7, 11) is 1.60. The Bertz CT molecular complexity index is 661. The van der Waals surface area contributed by atoms with Gasteiger partial charge in [0.05, 0.1) is 31.7 Å². The van der Waals surface area contributed by atoms with Crippen LogP contribution in [0.2, 0.25) is 0 Å². The maximum atomic E-state index is 12.3. The van der Waals surface area contributed by atoms with Crippen molar-refractivity contribution >= 4 is 24.1 Å². The van der Waals surface area contributed by atoms with Gasteiger partial charge >= 0.3 is 0 Å². The number of rotatable bonds is 3. The highest BCUT2D eigenvalue weighted by molar-refractivity contribution is 6.09. The zero-order valence-corrected chi connectivity index (χ0v) is 12.3. The van der Waals surface area contributed by atoms with E-state index in [9.17, 15) is 4.79 Å². The van der Waals surface area contributed by atoms with Crippen LogP contribution in [0.15, 0.2) is 30.6 Å². The number of anilines is 1. The molecule has 1 aromatic carbocycles. The number of hydrogen-bond donors (Lipinski definition) is 1. The first-order valence-corrected chi connectivity index (χ1v) is 6.22. The molecule has 2 N–H and O–H groups in total. The summed E-state index contributed by atoms with van der Waals surface area (Å²) in [6.07, 6.45) is 3.16. The quantitative estimate of drug-likeness (QED) is 0.930. The SMILES string of the molecule is COc1ccc2c(c1)CN(c1cnc(CN)cn1)C2=O.Cl. The Hall–Kier alpha value is -2.18. The van der Waals surface area contributed by atoms with Crippen molar-refractivity contribution in [3.8, 4) is 5.75 Å². The summed E-state index contributed by atoms with van der Waals surface area (Å²) in [5, 5.41) is 0. The maximum Gasteiger partial charge on any atom is 0.260 e. The number of carbonyl (C=O) groups excluding carboxylic acids is 1. The molecule has 0 radical (unpaired) electrons. The normalized spacial score (nSPS) is 12.9. The molecule has 3 rings (SSSR count). The van der Waals surface area contributed by atoms with E-state index >= 15 is 0 Å². The summed E-state index contributed by atoms with van der Waals surface area (Å²) in [5.74, 6) is 1.20. The van der Waals surface area contributed by atoms with Gasteiger partial charge in [0.15, 0.2) is 5.82 Å². The van der Waals surface area contributed by atoms with Gasteiger partial charge in [-0.25, -0.2) is 4.98 Å². The second kappa shape index (κ2) is 6.07. The molecule has 1 aromatic heterocycles. The molecule has 0 saturated heterocycles. The molecule has 0 fully saturated rings. The Morgan fingerprint density at radius 3 is 2.76 bits per heavy atom. The molecule has 0 bridgehead atoms. The van der Waals surface area contributed by atoms with E-state index in [-0.39, 0.29) is 18.3 Å². The van der Waals surface area contributed by atoms with E-state index in [4.69, 9.17) is 10.5 Å². The molecular formula is C14H15ClN4O2. The van der Waals surface area contributed by atoms with Crippen LogP contribution in [0.4, 0.5) is 5.82 Å². The fraction of sp³-hybridized carbons (Fsp3) is 0.214. The predicted molar refractivity (Wildman–Crippen MR) is 80.7 cm³/mol. The van der Waals surface area contributed by atoms with Crippen LogP contribution in [-0.4, -0.2) is 23.0 Å². The van der Waals surface area contributed by atoms with Crippen molar-refractivity contribution in [2.45, 2.75) is 13.1 Å². The van der Waals surface area contributed by atoms with E-state index in [2.05, 4.69) is 9.97 Å². The molecule has 0 spiro atoms. The Labute approximate surface area is 128 Å². The zero-order valence-electron chi connectivity index (χ0n) is 11.4. The molecular weight excluding hydrogens is 292 g/mol. The van der Waals surface area contributed by atoms with Gasteiger partial charge in [0.2, 0.25) is 0 Å². The van der Waals surface area contributed by atoms with E-state index in [1.165, 1.54) is 0 Å². The van der Waals surface area contributed by atoms with Gasteiger partial charge < -0.3 is 10.5 Å². The largest absolute Gasteiger partial charge is 0.497 e. The lowest BCUT2D eigenvalue weighted by Crippen LogP contribution is -2.24. The summed E-state index contributed by atoms with van der Waals surface area (Å²) < 4.78 is 5.17. The van der Waals surface area contributed by atoms with Crippen LogP contribution in [0.5, 0.6) is 5.75 Å². The summed E-state index contributed by atoms with van der Waals surface area (Å²) in [6, 6.07) is 5.43. The highest BCUT2D eigenvalue weighted by Gasteiger charge is 2.29. The van der Waals surface area contributed by atoms with Crippen LogP contribution in [-0.2, 0) is 13.1 Å². The average Bonchev–Trinajstić information content (AvgIpc) is 2.84. The molecule has 7 heteroatoms. The predicted octanol–water partition coefficient (Wildman–Crippen LogP) is 1.53. The van der Waals surface area contributed by atoms with Crippen molar-refractivity contribution in [1.82, 2.24) is 9.97 Å². The number of nitrogens with zero attached hydrogens (tertiary/aromatic N) is 3. The molecule has 6 nitrogen and oxygen atoms in total. The first-order chi connectivity index (χ1) is 9.72. The molecule has 21 heavy (non-hydrogen) atoms. The number of hydrogen-bond acceptors (Lipinski definition) is 5. The van der Waals surface area contributed by atoms with Crippen LogP contribution in [0, 0.1) is 0 Å². The molecule has 110 valence electrons. The minimum absolute atomic E-state index is 0. The summed E-state index contributed by atoms with van der Waals surface area (Å²) >= 11 is 0. The van der Waals surface area contributed by atoms with Gasteiger partial charge in [0.25, 0.3) is 5.91 Å². The van der Waals surface area contributed by atoms with Crippen LogP contribution in [0.1, 0.15) is 21.6 Å². The fourth-order valence-electron chi connectivity index (χ4n) is 2.20. The average molecular weight is 307 g/mol. The number of fused-ring (bicyclic) bond motifs is 1. The van der Waals surface area contributed by atoms with E-state index in [1.54, 1.807) is 36.5 Å². The molecule has 0 saturated carbocycles. The number of halogens is 1. The number of ether oxygens (including phenoxy) is 1. The zero-order chi connectivity index (χ0) is 14.1. The van der Waals surface area contributed by atoms with Crippen molar-refractivity contribution in [2.75, 3.05) is 12.0 Å². The molecule has 1 aliphatic heterocycles. The van der Waals surface area contributed by atoms with Crippen molar-refractivity contribution in [3.63, 3.8) is 0 Å². The van der Waals surface area contributed by atoms with Crippen molar-refractivity contribution in [1.29, 1.82) is 0 Å². The van der Waals surface area contributed by atoms with Crippen LogP contribution >= 0.6 is 12.4 Å². The molecule has 0 aliphatic carbocycles. The highest BCUT2D eigenvalue weighted by atomic mass is 35.5. The van der Waals surface area contributed by atoms with Crippen molar-refractivity contribution in [2.24, 2.45) is 5.73 Å². The topological polar surface area (TPSA) is 81.3 Å². The minimum Gasteiger partial charge on any atom is -0.497 e. The lowest BCUT2D eigenvalue weighted by atomic mass is 10.1. The van der Waals surface area contributed by atoms with Gasteiger partial charge in [-0.15, -0.1) is 12.4 Å². The standard InChI is InChI=1S/C14H14N4O2.ClH/c1-20-11-2-3-12-9(4-11)8-18(14(12)19)13-7-16-10(5-15)6-17-13;/h2-4,6-7H,5,8,15H2,1H3;1H. The van der Waals surface area contributed by atoms with Gasteiger partial charge in [0, 0.05) is 12.1 Å². The smallest absolute Gasteiger partial charge is 0.260 e. The Morgan fingerprint density at radius 2 is 2.14 bits per heavy atom. The van der Waals surface area contributed by atoms with E-state index in [0.29, 0.717) is 30.2 Å². The van der Waals surface area contributed by atoms with Crippen molar-refractivity contribution < 1.29 is 9.53 Å². The number of benzene rings is 1. The summed E-state index contributed by atoms with van der Waals surface area (Å²) in [6.45, 7) is 0.806. The van der Waals surface area contributed by atoms with E-state index in [0.717, 1.165) is 11.3 Å². The summed E-state index contributed by atoms with van der Waals surface area (Å²) in [5.41, 5.74) is 7.78. The number of aromatic nitrogens is 2. The van der Waals surface area contributed by atoms with Crippen molar-refractivity contribution in [3.05, 3.63) is 47.4 Å². The van der Waals surface area contributed by atoms with Crippen LogP contribution in [0.3, 0.4) is 0 Å². The first kappa shape index (κ1) is 15.2. The second-order valence-corrected chi connectivity index (χ2v) is 4.48. The Morgan fingerprint density at radius 1 is 1.33 bits per heavy atom. The molecule has 1 aliphatic rings. The third-order valence-corrected chi connectivity index (χ3v) is 3.29. The fourth-order valence-corrected chi connectivity index (χ4v) is 2.20. The Balaban J connectivity index is 0.00000161. The third kappa shape index (κ3) is 2.68. The van der Waals surface area contributed by atoms with Crippen LogP contribution < -0.4 is 15.4 Å². The first-order valence-electron chi connectivity index (χ1n) is 6.22. The maximum absolute atomic E-state index is 12.3. The third-order valence-electron chi connectivity index (χ3n) is 3.29. The molecule has 0 atom stereocenters. The van der Waals surface area contributed by atoms with Gasteiger partial charge in [-0.3, -0.25) is 14.7 Å². The number of amides is 1.